The van der Waals surface area contributed by atoms with Gasteiger partial charge in [-0.2, -0.15) is 0 Å². The van der Waals surface area contributed by atoms with Crippen LogP contribution in [0.15, 0.2) is 24.5 Å². The van der Waals surface area contributed by atoms with Crippen LogP contribution in [0, 0.1) is 6.92 Å². The predicted molar refractivity (Wildman–Crippen MR) is 104 cm³/mol. The van der Waals surface area contributed by atoms with Gasteiger partial charge in [0.25, 0.3) is 0 Å². The van der Waals surface area contributed by atoms with E-state index in [-0.39, 0.29) is 25.8 Å². The van der Waals surface area contributed by atoms with Crippen molar-refractivity contribution in [2.75, 3.05) is 0 Å². The Bertz CT molecular complexity index is 1190. The quantitative estimate of drug-likeness (QED) is 0.317. The van der Waals surface area contributed by atoms with Crippen LogP contribution in [0.3, 0.4) is 0 Å². The van der Waals surface area contributed by atoms with E-state index in [0.717, 1.165) is 26.2 Å². The van der Waals surface area contributed by atoms with E-state index in [4.69, 9.17) is 11.6 Å². The Morgan fingerprint density at radius 1 is 1.17 bits per heavy atom. The molecule has 0 aliphatic rings. The zero-order valence-corrected chi connectivity index (χ0v) is 18.2. The van der Waals surface area contributed by atoms with Gasteiger partial charge < -0.3 is 0 Å². The number of hydrogen-bond acceptors (Lipinski definition) is 4. The summed E-state index contributed by atoms with van der Waals surface area (Å²) in [6, 6.07) is 3.63. The van der Waals surface area contributed by atoms with Crippen molar-refractivity contribution in [1.29, 1.82) is 0 Å². The summed E-state index contributed by atoms with van der Waals surface area (Å²) < 4.78 is 44.6. The van der Waals surface area contributed by atoms with Crippen molar-refractivity contribution < 1.29 is 13.2 Å². The average Bonchev–Trinajstić information content (AvgIpc) is 3.32. The molecular formula is C18H16ClF3N6Se. The zero-order valence-electron chi connectivity index (χ0n) is 15.7. The van der Waals surface area contributed by atoms with Gasteiger partial charge in [-0.3, -0.25) is 0 Å². The molecule has 0 spiro atoms. The second-order valence-electron chi connectivity index (χ2n) is 6.83. The molecule has 4 rings (SSSR count). The molecule has 11 heteroatoms. The topological polar surface area (TPSA) is 61.4 Å². The molecule has 0 saturated heterocycles. The van der Waals surface area contributed by atoms with E-state index < -0.39 is 11.9 Å². The summed E-state index contributed by atoms with van der Waals surface area (Å²) in [5, 5.41) is 5.34. The van der Waals surface area contributed by atoms with E-state index in [9.17, 15) is 13.2 Å². The number of alkyl halides is 3. The van der Waals surface area contributed by atoms with Crippen LogP contribution in [0.25, 0.3) is 21.3 Å². The number of halogens is 4. The Labute approximate surface area is 175 Å². The first-order valence-corrected chi connectivity index (χ1v) is 10.8. The Hall–Kier alpha value is -2.16. The second kappa shape index (κ2) is 7.27. The van der Waals surface area contributed by atoms with E-state index in [2.05, 4.69) is 20.1 Å². The van der Waals surface area contributed by atoms with Crippen molar-refractivity contribution >= 4 is 37.1 Å². The van der Waals surface area contributed by atoms with Crippen LogP contribution >= 0.6 is 11.6 Å². The van der Waals surface area contributed by atoms with Gasteiger partial charge >= 0.3 is 175 Å². The van der Waals surface area contributed by atoms with E-state index in [1.807, 2.05) is 32.9 Å². The number of nitrogens with zero attached hydrogens (tertiary/aromatic N) is 6. The summed E-state index contributed by atoms with van der Waals surface area (Å²) in [7, 11) is 0. The summed E-state index contributed by atoms with van der Waals surface area (Å²) >= 11 is 5.80. The fourth-order valence-electron chi connectivity index (χ4n) is 3.02. The first-order valence-electron chi connectivity index (χ1n) is 8.74. The van der Waals surface area contributed by atoms with Crippen LogP contribution in [0.5, 0.6) is 0 Å². The van der Waals surface area contributed by atoms with Crippen LogP contribution in [0.4, 0.5) is 13.2 Å². The third-order valence-electron chi connectivity index (χ3n) is 4.43. The van der Waals surface area contributed by atoms with Gasteiger partial charge in [0.1, 0.15) is 0 Å². The Balaban J connectivity index is 1.69. The SMILES string of the molecule is Cc1nc(Cl)nc2c1cnn2Cc1ccc(-c2nc(C(F)(F)F)cn2C(C)C)[se]1. The van der Waals surface area contributed by atoms with Crippen molar-refractivity contribution in [1.82, 2.24) is 29.3 Å². The van der Waals surface area contributed by atoms with Gasteiger partial charge in [0, 0.05) is 0 Å². The number of hydrogen-bond donors (Lipinski definition) is 0. The fourth-order valence-corrected chi connectivity index (χ4v) is 5.29. The molecule has 152 valence electrons. The summed E-state index contributed by atoms with van der Waals surface area (Å²) in [4.78, 5) is 12.3. The van der Waals surface area contributed by atoms with Crippen molar-refractivity contribution in [3.63, 3.8) is 0 Å². The molecule has 4 heterocycles. The number of aromatic nitrogens is 6. The Morgan fingerprint density at radius 3 is 2.62 bits per heavy atom. The van der Waals surface area contributed by atoms with E-state index >= 15 is 0 Å². The second-order valence-corrected chi connectivity index (χ2v) is 9.62. The van der Waals surface area contributed by atoms with Crippen LogP contribution in [0.2, 0.25) is 5.28 Å². The summed E-state index contributed by atoms with van der Waals surface area (Å²) in [6.45, 7) is 5.99. The number of aryl methyl sites for hydroxylation is 1. The van der Waals surface area contributed by atoms with Crippen molar-refractivity contribution in [2.24, 2.45) is 0 Å². The molecule has 0 saturated carbocycles. The third kappa shape index (κ3) is 3.84. The van der Waals surface area contributed by atoms with Crippen LogP contribution in [0.1, 0.15) is 35.7 Å². The minimum absolute atomic E-state index is 0.133. The van der Waals surface area contributed by atoms with Gasteiger partial charge in [-0.15, -0.1) is 0 Å². The summed E-state index contributed by atoms with van der Waals surface area (Å²) in [5.74, 6) is 0.366. The summed E-state index contributed by atoms with van der Waals surface area (Å²) in [5.41, 5.74) is 0.511. The molecule has 0 atom stereocenters. The molecule has 6 nitrogen and oxygen atoms in total. The first kappa shape index (κ1) is 20.1. The molecule has 0 aliphatic heterocycles. The number of imidazole rings is 1. The molecule has 4 aromatic heterocycles. The number of rotatable bonds is 4. The van der Waals surface area contributed by atoms with Gasteiger partial charge in [0.05, 0.1) is 0 Å². The van der Waals surface area contributed by atoms with Gasteiger partial charge in [0.15, 0.2) is 0 Å². The molecule has 29 heavy (non-hydrogen) atoms. The summed E-state index contributed by atoms with van der Waals surface area (Å²) in [6.07, 6.45) is -1.70. The third-order valence-corrected chi connectivity index (χ3v) is 6.83. The van der Waals surface area contributed by atoms with Crippen molar-refractivity contribution in [2.45, 2.75) is 39.5 Å². The van der Waals surface area contributed by atoms with Gasteiger partial charge in [-0.25, -0.2) is 0 Å². The molecule has 0 fully saturated rings. The van der Waals surface area contributed by atoms with Gasteiger partial charge in [-0.1, -0.05) is 0 Å². The molecular weight excluding hydrogens is 472 g/mol. The molecule has 0 aliphatic carbocycles. The van der Waals surface area contributed by atoms with E-state index in [1.165, 1.54) is 0 Å². The van der Waals surface area contributed by atoms with Crippen molar-refractivity contribution in [3.8, 4) is 10.3 Å². The fraction of sp³-hybridized carbons (Fsp3) is 0.333. The zero-order chi connectivity index (χ0) is 20.9. The molecule has 0 radical (unpaired) electrons. The van der Waals surface area contributed by atoms with Crippen LogP contribution in [-0.4, -0.2) is 43.8 Å². The number of fused-ring (bicyclic) bond motifs is 1. The van der Waals surface area contributed by atoms with Gasteiger partial charge in [0.2, 0.25) is 0 Å². The minimum atomic E-state index is -4.47. The molecule has 0 bridgehead atoms. The molecule has 0 amide bonds. The van der Waals surface area contributed by atoms with Crippen LogP contribution in [-0.2, 0) is 12.7 Å². The maximum absolute atomic E-state index is 13.1. The molecule has 4 aromatic rings. The van der Waals surface area contributed by atoms with E-state index in [0.29, 0.717) is 18.0 Å². The predicted octanol–water partition coefficient (Wildman–Crippen LogP) is 4.36. The van der Waals surface area contributed by atoms with Crippen LogP contribution < -0.4 is 0 Å². The Kier molecular flexibility index (Phi) is 5.04. The van der Waals surface area contributed by atoms with Crippen molar-refractivity contribution in [3.05, 3.63) is 45.6 Å². The normalized spacial score (nSPS) is 12.4. The van der Waals surface area contributed by atoms with Gasteiger partial charge in [-0.05, 0) is 0 Å². The maximum atomic E-state index is 13.1. The first-order chi connectivity index (χ1) is 13.6. The monoisotopic (exact) mass is 488 g/mol. The standard InChI is InChI=1S/C18H16ClF3N6Se/c1-9(2)27-8-14(18(20,21)22)25-16(27)13-5-4-11(29-13)7-28-15-12(6-23-28)10(3)24-17(19)26-15/h4-6,8-9H,7H2,1-3H3. The van der Waals surface area contributed by atoms with E-state index in [1.54, 1.807) is 15.4 Å². The molecule has 0 N–H and O–H groups in total. The molecule has 0 aromatic carbocycles. The molecule has 0 unspecified atom stereocenters. The average molecular weight is 488 g/mol. The Morgan fingerprint density at radius 2 is 1.93 bits per heavy atom.